The number of pyridine rings is 6. The Morgan fingerprint density at radius 1 is 0.407 bits per heavy atom. The van der Waals surface area contributed by atoms with E-state index in [1.54, 1.807) is 6.20 Å². The van der Waals surface area contributed by atoms with Crippen LogP contribution in [0.15, 0.2) is 220 Å². The van der Waals surface area contributed by atoms with E-state index < -0.39 is 12.7 Å². The number of furan rings is 3. The Kier molecular flexibility index (Phi) is 12.2. The van der Waals surface area contributed by atoms with E-state index in [4.69, 9.17) is 33.7 Å². The van der Waals surface area contributed by atoms with Crippen molar-refractivity contribution in [3.05, 3.63) is 240 Å². The average Bonchev–Trinajstić information content (AvgIpc) is 1.59. The summed E-state index contributed by atoms with van der Waals surface area (Å²) in [6, 6.07) is 63.6. The Morgan fingerprint density at radius 2 is 0.814 bits per heavy atom. The highest BCUT2D eigenvalue weighted by molar-refractivity contribution is 6.12. The highest BCUT2D eigenvalue weighted by Crippen LogP contribution is 2.40. The summed E-state index contributed by atoms with van der Waals surface area (Å²) in [5.41, 5.74) is 21.2. The first-order chi connectivity index (χ1) is 43.2. The summed E-state index contributed by atoms with van der Waals surface area (Å²) < 4.78 is 57.6. The van der Waals surface area contributed by atoms with Gasteiger partial charge in [-0.3, -0.25) is 0 Å². The lowest BCUT2D eigenvalue weighted by Crippen LogP contribution is -2.31. The van der Waals surface area contributed by atoms with Gasteiger partial charge in [-0.15, -0.1) is 0 Å². The molecule has 9 heteroatoms. The fourth-order valence-electron chi connectivity index (χ4n) is 12.2. The van der Waals surface area contributed by atoms with Gasteiger partial charge in [-0.1, -0.05) is 98.8 Å². The summed E-state index contributed by atoms with van der Waals surface area (Å²) in [5.74, 6) is -0.648. The van der Waals surface area contributed by atoms with Gasteiger partial charge in [-0.2, -0.15) is 0 Å². The van der Waals surface area contributed by atoms with Crippen LogP contribution in [0.25, 0.3) is 144 Å². The third-order valence-electron chi connectivity index (χ3n) is 17.0. The molecule has 0 aliphatic carbocycles. The molecule has 0 bridgehead atoms. The molecule has 418 valence electrons. The minimum atomic E-state index is -2.23. The Labute approximate surface area is 504 Å². The van der Waals surface area contributed by atoms with Gasteiger partial charge in [0.15, 0.2) is 18.6 Å². The topological polar surface area (TPSA) is 89.7 Å². The largest absolute Gasteiger partial charge is 0.437 e. The molecule has 0 atom stereocenters. The first-order valence-corrected chi connectivity index (χ1v) is 29.0. The number of hydrogen-bond donors (Lipinski definition) is 0. The molecule has 86 heavy (non-hydrogen) atoms. The molecule has 0 fully saturated rings. The maximum atomic E-state index is 8.40. The first-order valence-electron chi connectivity index (χ1n) is 31.0. The molecule has 9 nitrogen and oxygen atoms in total. The number of fused-ring (bicyclic) bond motifs is 12. The van der Waals surface area contributed by atoms with Gasteiger partial charge in [-0.05, 0) is 135 Å². The molecular weight excluding hydrogens is 1060 g/mol. The molecular formula is C77H65N6O3+3. The standard InChI is InChI=1S/C29H23N2O.C25H23N2O.C23H19N2O/c1-18-17-31(3)27(16-24(18)20-9-5-4-6-10-20)22-13-14-23-25-15-21-11-7-8-12-26(21)30-29(25)32-28(23)19(22)2;1-15(2)17-11-12-27(4)23(14-17)19-9-10-20-21-13-18-7-5-6-8-22(18)26-25(21)28-24(20)16(19)3;1-14-10-11-25(3)21(12-14)17-8-9-18-19-13-16-6-4-5-7-20(16)24-23(19)26-22(18)15(17)2/h4-17H,1-3H3;5-15H,1-4H3;4-13H,1-3H3/q3*+1/i1D3;15D;. The van der Waals surface area contributed by atoms with Crippen molar-refractivity contribution < 1.29 is 32.4 Å². The highest BCUT2D eigenvalue weighted by Gasteiger charge is 2.24. The summed E-state index contributed by atoms with van der Waals surface area (Å²) in [4.78, 5) is 14.2. The predicted octanol–water partition coefficient (Wildman–Crippen LogP) is 18.2. The lowest BCUT2D eigenvalue weighted by atomic mass is 9.96. The molecule has 0 N–H and O–H groups in total. The molecule has 16 aromatic rings. The molecule has 0 saturated carbocycles. The van der Waals surface area contributed by atoms with Crippen molar-refractivity contribution in [1.29, 1.82) is 0 Å². The van der Waals surface area contributed by atoms with E-state index in [9.17, 15) is 0 Å². The molecule has 0 radical (unpaired) electrons. The normalized spacial score (nSPS) is 12.7. The molecule has 9 aromatic heterocycles. The third-order valence-corrected chi connectivity index (χ3v) is 17.0. The van der Waals surface area contributed by atoms with Crippen molar-refractivity contribution in [3.8, 4) is 44.9 Å². The number of hydrogen-bond acceptors (Lipinski definition) is 6. The van der Waals surface area contributed by atoms with Crippen LogP contribution in [-0.2, 0) is 21.1 Å². The van der Waals surface area contributed by atoms with E-state index in [2.05, 4.69) is 134 Å². The van der Waals surface area contributed by atoms with E-state index in [-0.39, 0.29) is 0 Å². The van der Waals surface area contributed by atoms with Crippen LogP contribution < -0.4 is 13.7 Å². The zero-order valence-corrected chi connectivity index (χ0v) is 49.5. The zero-order valence-electron chi connectivity index (χ0n) is 53.5. The van der Waals surface area contributed by atoms with E-state index in [1.807, 2.05) is 143 Å². The Hall–Kier alpha value is -10.4. The van der Waals surface area contributed by atoms with Crippen LogP contribution in [0.3, 0.4) is 0 Å². The summed E-state index contributed by atoms with van der Waals surface area (Å²) in [5, 5.41) is 9.64. The van der Waals surface area contributed by atoms with Gasteiger partial charge in [-0.25, -0.2) is 28.7 Å². The lowest BCUT2D eigenvalue weighted by Gasteiger charge is -2.10. The van der Waals surface area contributed by atoms with Gasteiger partial charge < -0.3 is 13.3 Å². The number of para-hydroxylation sites is 3. The molecule has 0 aliphatic heterocycles. The molecule has 0 unspecified atom stereocenters. The average molecular weight is 1130 g/mol. The minimum absolute atomic E-state index is 0.327. The second-order valence-corrected chi connectivity index (χ2v) is 22.8. The van der Waals surface area contributed by atoms with Crippen LogP contribution in [0.5, 0.6) is 0 Å². The minimum Gasteiger partial charge on any atom is -0.437 e. The molecule has 7 aromatic carbocycles. The fraction of sp³-hybridized carbons (Fsp3) is 0.143. The van der Waals surface area contributed by atoms with Crippen LogP contribution in [0.4, 0.5) is 0 Å². The van der Waals surface area contributed by atoms with E-state index in [1.165, 1.54) is 16.8 Å². The van der Waals surface area contributed by atoms with Crippen molar-refractivity contribution in [3.63, 3.8) is 0 Å². The van der Waals surface area contributed by atoms with Gasteiger partial charge >= 0.3 is 0 Å². The van der Waals surface area contributed by atoms with Crippen molar-refractivity contribution in [1.82, 2.24) is 15.0 Å². The van der Waals surface area contributed by atoms with Crippen LogP contribution >= 0.6 is 0 Å². The molecule has 9 heterocycles. The van der Waals surface area contributed by atoms with Crippen LogP contribution in [0.2, 0.25) is 0 Å². The number of aryl methyl sites for hydroxylation is 8. The first kappa shape index (κ1) is 49.1. The monoisotopic (exact) mass is 1130 g/mol. The van der Waals surface area contributed by atoms with Gasteiger partial charge in [0.1, 0.15) is 37.9 Å². The van der Waals surface area contributed by atoms with E-state index in [0.717, 1.165) is 132 Å². The Morgan fingerprint density at radius 3 is 1.26 bits per heavy atom. The van der Waals surface area contributed by atoms with Crippen molar-refractivity contribution >= 4 is 98.9 Å². The quantitative estimate of drug-likeness (QED) is 0.160. The molecule has 0 amide bonds. The molecule has 16 rings (SSSR count). The van der Waals surface area contributed by atoms with E-state index in [0.29, 0.717) is 28.3 Å². The van der Waals surface area contributed by atoms with Gasteiger partial charge in [0.25, 0.3) is 0 Å². The van der Waals surface area contributed by atoms with Crippen molar-refractivity contribution in [2.75, 3.05) is 0 Å². The number of benzene rings is 7. The van der Waals surface area contributed by atoms with Crippen LogP contribution in [0, 0.1) is 34.5 Å². The highest BCUT2D eigenvalue weighted by atomic mass is 16.3. The maximum Gasteiger partial charge on any atom is 0.227 e. The maximum absolute atomic E-state index is 8.40. The van der Waals surface area contributed by atoms with E-state index >= 15 is 0 Å². The lowest BCUT2D eigenvalue weighted by molar-refractivity contribution is -0.660. The summed E-state index contributed by atoms with van der Waals surface area (Å²) >= 11 is 0. The molecule has 0 spiro atoms. The summed E-state index contributed by atoms with van der Waals surface area (Å²) in [6.45, 7) is 9.98. The van der Waals surface area contributed by atoms with Gasteiger partial charge in [0, 0.05) is 107 Å². The number of aromatic nitrogens is 6. The van der Waals surface area contributed by atoms with Crippen molar-refractivity contribution in [2.24, 2.45) is 21.1 Å². The summed E-state index contributed by atoms with van der Waals surface area (Å²) in [6.07, 6.45) is 5.85. The third kappa shape index (κ3) is 9.36. The smallest absolute Gasteiger partial charge is 0.227 e. The SMILES string of the molecule is Cc1cc[n+](C)c(-c2ccc3c(oc4nc5ccccc5cc43)c2C)c1.[2H]C(C)(C)c1cc[n+](C)c(-c2ccc3c(oc4nc5ccccc5cc43)c2C)c1.[2H]C([2H])([2H])c1c[n+](C)c(-c2ccc3c(oc4nc5ccccc5cc43)c2C)cc1-c1ccccc1. The Bertz CT molecular complexity index is 5560. The summed E-state index contributed by atoms with van der Waals surface area (Å²) in [7, 11) is 5.99. The van der Waals surface area contributed by atoms with Crippen LogP contribution in [0.1, 0.15) is 58.6 Å². The van der Waals surface area contributed by atoms with Gasteiger partial charge in [0.2, 0.25) is 34.2 Å². The number of nitrogens with zero attached hydrogens (tertiary/aromatic N) is 6. The fourth-order valence-corrected chi connectivity index (χ4v) is 12.2. The van der Waals surface area contributed by atoms with Gasteiger partial charge in [0.05, 0.1) is 33.2 Å². The number of rotatable bonds is 5. The molecule has 0 aliphatic rings. The van der Waals surface area contributed by atoms with Crippen molar-refractivity contribution in [2.45, 2.75) is 54.3 Å². The second kappa shape index (κ2) is 21.4. The van der Waals surface area contributed by atoms with Crippen LogP contribution in [-0.4, -0.2) is 15.0 Å². The zero-order chi connectivity index (χ0) is 62.5. The second-order valence-electron chi connectivity index (χ2n) is 22.8. The predicted molar refractivity (Wildman–Crippen MR) is 350 cm³/mol. The molecule has 0 saturated heterocycles. The Balaban J connectivity index is 0.000000119.